The number of benzene rings is 1. The van der Waals surface area contributed by atoms with Crippen LogP contribution in [0, 0.1) is 12.3 Å². The molecular weight excluding hydrogens is 340 g/mol. The van der Waals surface area contributed by atoms with E-state index in [2.05, 4.69) is 15.9 Å². The van der Waals surface area contributed by atoms with E-state index < -0.39 is 10.0 Å². The average Bonchev–Trinajstić information content (AvgIpc) is 2.29. The minimum absolute atomic E-state index is 0.0988. The smallest absolute Gasteiger partial charge is 0.243 e. The van der Waals surface area contributed by atoms with E-state index >= 15 is 0 Å². The first kappa shape index (κ1) is 17.6. The van der Waals surface area contributed by atoms with Crippen LogP contribution in [0.15, 0.2) is 21.5 Å². The maximum Gasteiger partial charge on any atom is 0.243 e. The van der Waals surface area contributed by atoms with Crippen molar-refractivity contribution in [2.24, 2.45) is 11.1 Å². The summed E-state index contributed by atoms with van der Waals surface area (Å²) in [6.07, 6.45) is 0. The SMILES string of the molecule is Cc1c(Br)cc(CN)cc1S(=O)(=O)N(C)CC(C)(C)C. The fourth-order valence-electron chi connectivity index (χ4n) is 2.01. The molecule has 6 heteroatoms. The van der Waals surface area contributed by atoms with Crippen molar-refractivity contribution < 1.29 is 8.42 Å². The number of sulfonamides is 1. The molecule has 20 heavy (non-hydrogen) atoms. The van der Waals surface area contributed by atoms with Gasteiger partial charge in [0.2, 0.25) is 10.0 Å². The van der Waals surface area contributed by atoms with Gasteiger partial charge in [0.05, 0.1) is 4.90 Å². The first-order valence-corrected chi connectivity index (χ1v) is 8.68. The standard InChI is InChI=1S/C14H23BrN2O2S/c1-10-12(15)6-11(8-16)7-13(10)20(18,19)17(5)9-14(2,3)4/h6-7H,8-9,16H2,1-5H3. The van der Waals surface area contributed by atoms with Gasteiger partial charge in [0, 0.05) is 24.6 Å². The normalized spacial score (nSPS) is 13.0. The third kappa shape index (κ3) is 4.04. The molecule has 0 saturated carbocycles. The van der Waals surface area contributed by atoms with Gasteiger partial charge in [0.15, 0.2) is 0 Å². The quantitative estimate of drug-likeness (QED) is 0.895. The highest BCUT2D eigenvalue weighted by Crippen LogP contribution is 2.29. The van der Waals surface area contributed by atoms with E-state index in [0.717, 1.165) is 10.0 Å². The van der Waals surface area contributed by atoms with Crippen LogP contribution in [0.4, 0.5) is 0 Å². The predicted octanol–water partition coefficient (Wildman–Crippen LogP) is 2.88. The van der Waals surface area contributed by atoms with Crippen LogP contribution in [0.2, 0.25) is 0 Å². The third-order valence-electron chi connectivity index (χ3n) is 2.98. The third-order valence-corrected chi connectivity index (χ3v) is 5.73. The lowest BCUT2D eigenvalue weighted by atomic mass is 9.97. The fourth-order valence-corrected chi connectivity index (χ4v) is 4.34. The van der Waals surface area contributed by atoms with E-state index in [4.69, 9.17) is 5.73 Å². The average molecular weight is 363 g/mol. The summed E-state index contributed by atoms with van der Waals surface area (Å²) in [7, 11) is -1.90. The molecule has 0 amide bonds. The molecule has 0 spiro atoms. The fraction of sp³-hybridized carbons (Fsp3) is 0.571. The summed E-state index contributed by atoms with van der Waals surface area (Å²) in [4.78, 5) is 0.319. The second kappa shape index (κ2) is 6.13. The highest BCUT2D eigenvalue weighted by molar-refractivity contribution is 9.10. The van der Waals surface area contributed by atoms with Gasteiger partial charge >= 0.3 is 0 Å². The predicted molar refractivity (Wildman–Crippen MR) is 86.0 cm³/mol. The molecule has 0 saturated heterocycles. The Hall–Kier alpha value is -0.430. The van der Waals surface area contributed by atoms with E-state index in [1.807, 2.05) is 26.8 Å². The lowest BCUT2D eigenvalue weighted by Gasteiger charge is -2.27. The number of rotatable bonds is 4. The number of nitrogens with two attached hydrogens (primary N) is 1. The van der Waals surface area contributed by atoms with Gasteiger partial charge in [-0.2, -0.15) is 0 Å². The summed E-state index contributed by atoms with van der Waals surface area (Å²) < 4.78 is 27.6. The van der Waals surface area contributed by atoms with Gasteiger partial charge < -0.3 is 5.73 Å². The molecule has 0 radical (unpaired) electrons. The molecule has 0 atom stereocenters. The van der Waals surface area contributed by atoms with Gasteiger partial charge in [-0.05, 0) is 35.6 Å². The van der Waals surface area contributed by atoms with Crippen LogP contribution in [0.25, 0.3) is 0 Å². The van der Waals surface area contributed by atoms with Crippen LogP contribution < -0.4 is 5.73 Å². The maximum absolute atomic E-state index is 12.7. The molecule has 114 valence electrons. The molecule has 0 aliphatic carbocycles. The molecule has 0 aromatic heterocycles. The summed E-state index contributed by atoms with van der Waals surface area (Å²) in [6.45, 7) is 8.60. The largest absolute Gasteiger partial charge is 0.326 e. The topological polar surface area (TPSA) is 63.4 Å². The van der Waals surface area contributed by atoms with Crippen LogP contribution in [0.5, 0.6) is 0 Å². The second-order valence-electron chi connectivity index (χ2n) is 6.23. The molecule has 1 rings (SSSR count). The van der Waals surface area contributed by atoms with Crippen LogP contribution in [-0.2, 0) is 16.6 Å². The highest BCUT2D eigenvalue weighted by atomic mass is 79.9. The summed E-state index contributed by atoms with van der Waals surface area (Å²) in [6, 6.07) is 3.52. The van der Waals surface area contributed by atoms with Crippen molar-refractivity contribution in [3.63, 3.8) is 0 Å². The van der Waals surface area contributed by atoms with Gasteiger partial charge in [-0.15, -0.1) is 0 Å². The first-order chi connectivity index (χ1) is 8.99. The van der Waals surface area contributed by atoms with Crippen molar-refractivity contribution in [2.75, 3.05) is 13.6 Å². The number of nitrogens with zero attached hydrogens (tertiary/aromatic N) is 1. The molecule has 0 aliphatic heterocycles. The number of halogens is 1. The van der Waals surface area contributed by atoms with Crippen molar-refractivity contribution in [1.82, 2.24) is 4.31 Å². The lowest BCUT2D eigenvalue weighted by Crippen LogP contribution is -2.35. The van der Waals surface area contributed by atoms with Gasteiger partial charge in [-0.1, -0.05) is 36.7 Å². The molecule has 0 bridgehead atoms. The molecular formula is C14H23BrN2O2S. The Morgan fingerprint density at radius 3 is 2.30 bits per heavy atom. The summed E-state index contributed by atoms with van der Waals surface area (Å²) >= 11 is 3.40. The van der Waals surface area contributed by atoms with Crippen molar-refractivity contribution in [3.8, 4) is 0 Å². The molecule has 0 fully saturated rings. The monoisotopic (exact) mass is 362 g/mol. The summed E-state index contributed by atoms with van der Waals surface area (Å²) in [5.41, 5.74) is 7.04. The van der Waals surface area contributed by atoms with Gasteiger partial charge in [0.25, 0.3) is 0 Å². The molecule has 0 aliphatic rings. The van der Waals surface area contributed by atoms with Crippen molar-refractivity contribution in [3.05, 3.63) is 27.7 Å². The number of hydrogen-bond acceptors (Lipinski definition) is 3. The highest BCUT2D eigenvalue weighted by Gasteiger charge is 2.27. The minimum Gasteiger partial charge on any atom is -0.326 e. The van der Waals surface area contributed by atoms with E-state index in [9.17, 15) is 8.42 Å². The van der Waals surface area contributed by atoms with Crippen molar-refractivity contribution in [2.45, 2.75) is 39.1 Å². The molecule has 0 heterocycles. The molecule has 2 N–H and O–H groups in total. The Bertz CT molecular complexity index is 592. The summed E-state index contributed by atoms with van der Waals surface area (Å²) in [5.74, 6) is 0. The minimum atomic E-state index is -3.51. The lowest BCUT2D eigenvalue weighted by molar-refractivity contribution is 0.310. The molecule has 4 nitrogen and oxygen atoms in total. The van der Waals surface area contributed by atoms with E-state index in [0.29, 0.717) is 23.5 Å². The Kier molecular flexibility index (Phi) is 5.40. The first-order valence-electron chi connectivity index (χ1n) is 6.44. The second-order valence-corrected chi connectivity index (χ2v) is 9.09. The zero-order valence-corrected chi connectivity index (χ0v) is 15.1. The Labute approximate surface area is 130 Å². The Morgan fingerprint density at radius 1 is 1.30 bits per heavy atom. The van der Waals surface area contributed by atoms with Crippen LogP contribution in [0.1, 0.15) is 31.9 Å². The van der Waals surface area contributed by atoms with Crippen LogP contribution in [0.3, 0.4) is 0 Å². The van der Waals surface area contributed by atoms with Crippen molar-refractivity contribution in [1.29, 1.82) is 0 Å². The van der Waals surface area contributed by atoms with Gasteiger partial charge in [-0.3, -0.25) is 0 Å². The Balaban J connectivity index is 3.32. The van der Waals surface area contributed by atoms with Crippen molar-refractivity contribution >= 4 is 26.0 Å². The van der Waals surface area contributed by atoms with E-state index in [1.54, 1.807) is 20.0 Å². The van der Waals surface area contributed by atoms with Gasteiger partial charge in [0.1, 0.15) is 0 Å². The molecule has 0 unspecified atom stereocenters. The van der Waals surface area contributed by atoms with Gasteiger partial charge in [-0.25, -0.2) is 12.7 Å². The zero-order chi connectivity index (χ0) is 15.7. The van der Waals surface area contributed by atoms with E-state index in [-0.39, 0.29) is 5.41 Å². The zero-order valence-electron chi connectivity index (χ0n) is 12.7. The number of hydrogen-bond donors (Lipinski definition) is 1. The Morgan fingerprint density at radius 2 is 1.85 bits per heavy atom. The molecule has 1 aromatic carbocycles. The summed E-state index contributed by atoms with van der Waals surface area (Å²) in [5, 5.41) is 0. The maximum atomic E-state index is 12.7. The molecule has 1 aromatic rings. The van der Waals surface area contributed by atoms with Crippen LogP contribution >= 0.6 is 15.9 Å². The van der Waals surface area contributed by atoms with Crippen LogP contribution in [-0.4, -0.2) is 26.3 Å². The van der Waals surface area contributed by atoms with E-state index in [1.165, 1.54) is 4.31 Å².